The quantitative estimate of drug-likeness (QED) is 0.217. The van der Waals surface area contributed by atoms with Gasteiger partial charge in [0.1, 0.15) is 11.3 Å². The predicted octanol–water partition coefficient (Wildman–Crippen LogP) is 7.26. The topological polar surface area (TPSA) is 104 Å². The van der Waals surface area contributed by atoms with Gasteiger partial charge in [-0.1, -0.05) is 71.4 Å². The third-order valence-electron chi connectivity index (χ3n) is 6.79. The summed E-state index contributed by atoms with van der Waals surface area (Å²) in [6, 6.07) is 16.9. The Morgan fingerprint density at radius 3 is 2.34 bits per heavy atom. The first kappa shape index (κ1) is 26.9. The Morgan fingerprint density at radius 2 is 1.71 bits per heavy atom. The van der Waals surface area contributed by atoms with Gasteiger partial charge < -0.3 is 16.0 Å². The van der Waals surface area contributed by atoms with E-state index in [2.05, 4.69) is 62.0 Å². The number of unbranched alkanes of at least 4 members (excludes halogenated alkanes) is 1. The highest BCUT2D eigenvalue weighted by Crippen LogP contribution is 2.36. The van der Waals surface area contributed by atoms with Crippen molar-refractivity contribution in [2.75, 3.05) is 22.5 Å². The zero-order valence-electron chi connectivity index (χ0n) is 22.8. The Bertz CT molecular complexity index is 1480. The van der Waals surface area contributed by atoms with Crippen molar-refractivity contribution in [1.82, 2.24) is 9.97 Å². The van der Waals surface area contributed by atoms with Gasteiger partial charge in [0.05, 0.1) is 0 Å². The molecule has 0 aliphatic carbocycles. The van der Waals surface area contributed by atoms with Crippen LogP contribution in [0.4, 0.5) is 21.9 Å². The first-order valence-corrected chi connectivity index (χ1v) is 13.3. The first-order chi connectivity index (χ1) is 18.2. The van der Waals surface area contributed by atoms with Crippen LogP contribution in [0.2, 0.25) is 0 Å². The number of nitrogens with two attached hydrogens (primary N) is 1. The van der Waals surface area contributed by atoms with Gasteiger partial charge in [0.15, 0.2) is 0 Å². The fraction of sp³-hybridized carbons (Fsp3) is 0.323. The van der Waals surface area contributed by atoms with Crippen LogP contribution in [0, 0.1) is 0 Å². The van der Waals surface area contributed by atoms with Crippen molar-refractivity contribution in [3.63, 3.8) is 0 Å². The molecule has 38 heavy (non-hydrogen) atoms. The van der Waals surface area contributed by atoms with Gasteiger partial charge in [0, 0.05) is 35.1 Å². The highest BCUT2D eigenvalue weighted by atomic mass is 16.2. The summed E-state index contributed by atoms with van der Waals surface area (Å²) in [7, 11) is 0. The average Bonchev–Trinajstić information content (AvgIpc) is 2.88. The molecule has 0 bridgehead atoms. The molecule has 0 aliphatic rings. The van der Waals surface area contributed by atoms with E-state index >= 15 is 0 Å². The Hall–Kier alpha value is -4.13. The van der Waals surface area contributed by atoms with E-state index in [9.17, 15) is 9.59 Å². The molecule has 198 valence electrons. The molecule has 7 nitrogen and oxygen atoms in total. The summed E-state index contributed by atoms with van der Waals surface area (Å²) in [5.74, 6) is 0.428. The van der Waals surface area contributed by atoms with Gasteiger partial charge in [0.25, 0.3) is 5.56 Å². The van der Waals surface area contributed by atoms with E-state index in [0.29, 0.717) is 23.4 Å². The van der Waals surface area contributed by atoms with Crippen LogP contribution in [0.1, 0.15) is 70.4 Å². The fourth-order valence-electron chi connectivity index (χ4n) is 4.86. The number of carbonyl (C=O) groups excluding carboxylic acids is 1. The SMILES string of the molecule is CCCCN(C(=O)Nc1c(C(C)C)cccc1C(C)C)c1c(-c2cccc(N)c2)c2cccnc2[nH]c1=O. The Kier molecular flexibility index (Phi) is 8.15. The van der Waals surface area contributed by atoms with E-state index in [-0.39, 0.29) is 29.1 Å². The number of aromatic amines is 1. The number of carbonyl (C=O) groups is 1. The lowest BCUT2D eigenvalue weighted by atomic mass is 9.92. The number of amides is 2. The highest BCUT2D eigenvalue weighted by Gasteiger charge is 2.27. The van der Waals surface area contributed by atoms with Gasteiger partial charge in [-0.2, -0.15) is 0 Å². The van der Waals surface area contributed by atoms with Crippen LogP contribution in [0.15, 0.2) is 65.6 Å². The molecule has 0 atom stereocenters. The number of nitrogens with zero attached hydrogens (tertiary/aromatic N) is 2. The smallest absolute Gasteiger partial charge is 0.326 e. The number of H-pyrrole nitrogens is 1. The van der Waals surface area contributed by atoms with Crippen LogP contribution in [-0.2, 0) is 0 Å². The average molecular weight is 512 g/mol. The largest absolute Gasteiger partial charge is 0.399 e. The monoisotopic (exact) mass is 511 g/mol. The standard InChI is InChI=1S/C31H37N5O2/c1-6-7-17-36(31(38)34-27-23(19(2)3)13-9-14-24(27)20(4)5)28-26(21-11-8-12-22(32)18-21)25-15-10-16-33-29(25)35-30(28)37/h8-16,18-20H,6-7,17,32H2,1-5H3,(H,34,38)(H,33,35,37). The van der Waals surface area contributed by atoms with Crippen LogP contribution in [-0.4, -0.2) is 22.5 Å². The third-order valence-corrected chi connectivity index (χ3v) is 6.79. The van der Waals surface area contributed by atoms with Crippen molar-refractivity contribution >= 4 is 34.1 Å². The molecule has 0 aliphatic heterocycles. The fourth-order valence-corrected chi connectivity index (χ4v) is 4.86. The minimum Gasteiger partial charge on any atom is -0.399 e. The van der Waals surface area contributed by atoms with Gasteiger partial charge in [-0.15, -0.1) is 0 Å². The molecule has 4 aromatic rings. The number of nitrogen functional groups attached to an aromatic ring is 1. The maximum Gasteiger partial charge on any atom is 0.326 e. The Labute approximate surface area is 224 Å². The second kappa shape index (κ2) is 11.5. The number of urea groups is 1. The second-order valence-corrected chi connectivity index (χ2v) is 10.3. The van der Waals surface area contributed by atoms with Crippen LogP contribution in [0.25, 0.3) is 22.2 Å². The minimum absolute atomic E-state index is 0.214. The number of hydrogen-bond donors (Lipinski definition) is 3. The van der Waals surface area contributed by atoms with Crippen molar-refractivity contribution in [3.05, 3.63) is 82.3 Å². The summed E-state index contributed by atoms with van der Waals surface area (Å²) in [5.41, 5.74) is 11.4. The molecule has 0 fully saturated rings. The Morgan fingerprint density at radius 1 is 1.03 bits per heavy atom. The lowest BCUT2D eigenvalue weighted by molar-refractivity contribution is 0.256. The molecular weight excluding hydrogens is 474 g/mol. The van der Waals surface area contributed by atoms with Gasteiger partial charge in [0.2, 0.25) is 0 Å². The number of para-hydroxylation sites is 1. The third kappa shape index (κ3) is 5.42. The van der Waals surface area contributed by atoms with Crippen LogP contribution in [0.5, 0.6) is 0 Å². The molecule has 2 aromatic heterocycles. The number of fused-ring (bicyclic) bond motifs is 1. The number of aromatic nitrogens is 2. The highest BCUT2D eigenvalue weighted by molar-refractivity contribution is 6.09. The molecule has 0 unspecified atom stereocenters. The maximum atomic E-state index is 14.1. The molecule has 4 rings (SSSR count). The van der Waals surface area contributed by atoms with Crippen molar-refractivity contribution in [2.45, 2.75) is 59.3 Å². The molecule has 2 heterocycles. The molecule has 0 radical (unpaired) electrons. The van der Waals surface area contributed by atoms with Crippen molar-refractivity contribution in [1.29, 1.82) is 0 Å². The van der Waals surface area contributed by atoms with E-state index in [1.54, 1.807) is 17.2 Å². The van der Waals surface area contributed by atoms with Gasteiger partial charge in [-0.05, 0) is 59.2 Å². The molecule has 0 spiro atoms. The van der Waals surface area contributed by atoms with Crippen LogP contribution in [0.3, 0.4) is 0 Å². The summed E-state index contributed by atoms with van der Waals surface area (Å²) < 4.78 is 0. The lowest BCUT2D eigenvalue weighted by Crippen LogP contribution is -2.40. The molecule has 4 N–H and O–H groups in total. The van der Waals surface area contributed by atoms with Crippen molar-refractivity contribution < 1.29 is 4.79 Å². The number of anilines is 3. The molecule has 0 saturated carbocycles. The van der Waals surface area contributed by atoms with E-state index < -0.39 is 0 Å². The summed E-state index contributed by atoms with van der Waals surface area (Å²) in [6.45, 7) is 10.9. The van der Waals surface area contributed by atoms with E-state index in [1.165, 1.54) is 0 Å². The molecule has 7 heteroatoms. The van der Waals surface area contributed by atoms with Crippen LogP contribution >= 0.6 is 0 Å². The number of rotatable bonds is 8. The van der Waals surface area contributed by atoms with Gasteiger partial charge >= 0.3 is 6.03 Å². The summed E-state index contributed by atoms with van der Waals surface area (Å²) in [5, 5.41) is 3.95. The minimum atomic E-state index is -0.374. The van der Waals surface area contributed by atoms with Crippen LogP contribution < -0.4 is 21.5 Å². The van der Waals surface area contributed by atoms with Crippen molar-refractivity contribution in [2.24, 2.45) is 0 Å². The molecule has 2 aromatic carbocycles. The zero-order valence-corrected chi connectivity index (χ0v) is 22.8. The number of hydrogen-bond acceptors (Lipinski definition) is 4. The van der Waals surface area contributed by atoms with Gasteiger partial charge in [-0.25, -0.2) is 9.78 Å². The predicted molar refractivity (Wildman–Crippen MR) is 158 cm³/mol. The van der Waals surface area contributed by atoms with Crippen molar-refractivity contribution in [3.8, 4) is 11.1 Å². The zero-order chi connectivity index (χ0) is 27.4. The summed E-state index contributed by atoms with van der Waals surface area (Å²) in [6.07, 6.45) is 3.24. The first-order valence-electron chi connectivity index (χ1n) is 13.3. The van der Waals surface area contributed by atoms with E-state index in [4.69, 9.17) is 5.73 Å². The molecule has 2 amide bonds. The van der Waals surface area contributed by atoms with E-state index in [0.717, 1.165) is 40.6 Å². The van der Waals surface area contributed by atoms with E-state index in [1.807, 2.05) is 36.4 Å². The Balaban J connectivity index is 1.94. The molecular formula is C31H37N5O2. The number of pyridine rings is 2. The summed E-state index contributed by atoms with van der Waals surface area (Å²) >= 11 is 0. The van der Waals surface area contributed by atoms with Gasteiger partial charge in [-0.3, -0.25) is 9.69 Å². The molecule has 0 saturated heterocycles. The number of nitrogens with one attached hydrogen (secondary N) is 2. The lowest BCUT2D eigenvalue weighted by Gasteiger charge is -2.27. The normalized spacial score (nSPS) is 11.3. The second-order valence-electron chi connectivity index (χ2n) is 10.3. The maximum absolute atomic E-state index is 14.1. The number of benzene rings is 2. The summed E-state index contributed by atoms with van der Waals surface area (Å²) in [4.78, 5) is 36.7.